The summed E-state index contributed by atoms with van der Waals surface area (Å²) in [6.45, 7) is 8.40. The number of unbranched alkanes of at least 4 members (excludes halogenated alkanes) is 2. The van der Waals surface area contributed by atoms with Gasteiger partial charge in [-0.15, -0.1) is 0 Å². The van der Waals surface area contributed by atoms with Crippen LogP contribution >= 0.6 is 0 Å². The molecular formula is C31H52O6. The SMILES string of the molecule is COC(C)(C)CCCCC1=CC(O)C=C(CCCC2=CC(O)C=C(CCCCC(C)(C)CO)C2O)C1O. The van der Waals surface area contributed by atoms with Gasteiger partial charge in [-0.2, -0.15) is 0 Å². The van der Waals surface area contributed by atoms with Gasteiger partial charge in [0.25, 0.3) is 0 Å². The van der Waals surface area contributed by atoms with Gasteiger partial charge >= 0.3 is 0 Å². The predicted molar refractivity (Wildman–Crippen MR) is 149 cm³/mol. The highest BCUT2D eigenvalue weighted by Gasteiger charge is 2.25. The number of methoxy groups -OCH3 is 1. The maximum Gasteiger partial charge on any atom is 0.0963 e. The van der Waals surface area contributed by atoms with Gasteiger partial charge in [-0.1, -0.05) is 51.0 Å². The maximum atomic E-state index is 10.9. The number of ether oxygens (including phenoxy) is 1. The van der Waals surface area contributed by atoms with Gasteiger partial charge in [0.2, 0.25) is 0 Å². The summed E-state index contributed by atoms with van der Waals surface area (Å²) in [7, 11) is 1.72. The summed E-state index contributed by atoms with van der Waals surface area (Å²) in [4.78, 5) is 0. The minimum Gasteiger partial charge on any atom is -0.396 e. The van der Waals surface area contributed by atoms with Gasteiger partial charge in [0, 0.05) is 13.7 Å². The molecule has 0 aromatic carbocycles. The van der Waals surface area contributed by atoms with Crippen LogP contribution < -0.4 is 0 Å². The second-order valence-electron chi connectivity index (χ2n) is 12.3. The van der Waals surface area contributed by atoms with E-state index in [2.05, 4.69) is 13.8 Å². The molecule has 0 saturated heterocycles. The van der Waals surface area contributed by atoms with E-state index in [1.54, 1.807) is 31.4 Å². The van der Waals surface area contributed by atoms with Gasteiger partial charge in [-0.25, -0.2) is 0 Å². The Labute approximate surface area is 224 Å². The molecule has 4 unspecified atom stereocenters. The van der Waals surface area contributed by atoms with Crippen LogP contribution in [0.4, 0.5) is 0 Å². The van der Waals surface area contributed by atoms with Gasteiger partial charge < -0.3 is 30.3 Å². The number of aliphatic hydroxyl groups is 5. The lowest BCUT2D eigenvalue weighted by Gasteiger charge is -2.27. The third kappa shape index (κ3) is 10.8. The quantitative estimate of drug-likeness (QED) is 0.146. The fraction of sp³-hybridized carbons (Fsp3) is 0.742. The lowest BCUT2D eigenvalue weighted by Crippen LogP contribution is -2.24. The van der Waals surface area contributed by atoms with Crippen molar-refractivity contribution in [2.45, 2.75) is 128 Å². The van der Waals surface area contributed by atoms with Gasteiger partial charge in [-0.3, -0.25) is 0 Å². The Morgan fingerprint density at radius 2 is 1.00 bits per heavy atom. The summed E-state index contributed by atoms with van der Waals surface area (Å²) in [5.74, 6) is 0. The third-order valence-corrected chi connectivity index (χ3v) is 7.92. The Kier molecular flexibility index (Phi) is 12.7. The molecule has 0 aromatic rings. The average Bonchev–Trinajstić information content (AvgIpc) is 2.84. The van der Waals surface area contributed by atoms with Crippen molar-refractivity contribution in [2.24, 2.45) is 5.41 Å². The molecular weight excluding hydrogens is 468 g/mol. The van der Waals surface area contributed by atoms with E-state index >= 15 is 0 Å². The van der Waals surface area contributed by atoms with Gasteiger partial charge in [-0.05, 0) is 99.3 Å². The van der Waals surface area contributed by atoms with Crippen LogP contribution in [0.25, 0.3) is 0 Å². The summed E-state index contributed by atoms with van der Waals surface area (Å²) >= 11 is 0. The first kappa shape index (κ1) is 31.9. The Hall–Kier alpha value is -1.28. The Morgan fingerprint density at radius 3 is 1.38 bits per heavy atom. The fourth-order valence-electron chi connectivity index (χ4n) is 5.18. The molecule has 2 aliphatic rings. The van der Waals surface area contributed by atoms with Crippen molar-refractivity contribution in [3.8, 4) is 0 Å². The van der Waals surface area contributed by atoms with Crippen molar-refractivity contribution in [2.75, 3.05) is 13.7 Å². The van der Waals surface area contributed by atoms with E-state index < -0.39 is 24.4 Å². The summed E-state index contributed by atoms with van der Waals surface area (Å²) in [6.07, 6.45) is 13.3. The van der Waals surface area contributed by atoms with Crippen molar-refractivity contribution in [1.82, 2.24) is 0 Å². The Bertz CT molecular complexity index is 767. The smallest absolute Gasteiger partial charge is 0.0963 e. The molecule has 2 aliphatic carbocycles. The van der Waals surface area contributed by atoms with Crippen LogP contribution in [0.15, 0.2) is 46.6 Å². The number of aliphatic hydroxyl groups excluding tert-OH is 5. The molecule has 0 amide bonds. The molecule has 0 aliphatic heterocycles. The topological polar surface area (TPSA) is 110 Å². The normalized spacial score (nSPS) is 24.9. The first-order valence-electron chi connectivity index (χ1n) is 14.1. The molecule has 6 heteroatoms. The van der Waals surface area contributed by atoms with E-state index in [-0.39, 0.29) is 17.6 Å². The summed E-state index contributed by atoms with van der Waals surface area (Å²) in [6, 6.07) is 0. The van der Waals surface area contributed by atoms with Gasteiger partial charge in [0.1, 0.15) is 0 Å². The molecule has 6 nitrogen and oxygen atoms in total. The van der Waals surface area contributed by atoms with Crippen molar-refractivity contribution in [3.05, 3.63) is 46.6 Å². The highest BCUT2D eigenvalue weighted by Crippen LogP contribution is 2.32. The summed E-state index contributed by atoms with van der Waals surface area (Å²) in [5, 5.41) is 51.9. The van der Waals surface area contributed by atoms with E-state index in [4.69, 9.17) is 4.74 Å². The van der Waals surface area contributed by atoms with Crippen LogP contribution in [0.5, 0.6) is 0 Å². The van der Waals surface area contributed by atoms with Crippen LogP contribution in [-0.4, -0.2) is 69.3 Å². The third-order valence-electron chi connectivity index (χ3n) is 7.92. The summed E-state index contributed by atoms with van der Waals surface area (Å²) < 4.78 is 5.48. The van der Waals surface area contributed by atoms with E-state index in [0.29, 0.717) is 12.8 Å². The zero-order chi connectivity index (χ0) is 27.6. The molecule has 37 heavy (non-hydrogen) atoms. The molecule has 0 fully saturated rings. The molecule has 4 atom stereocenters. The monoisotopic (exact) mass is 520 g/mol. The molecule has 0 saturated carbocycles. The summed E-state index contributed by atoms with van der Waals surface area (Å²) in [5.41, 5.74) is 3.15. The van der Waals surface area contributed by atoms with E-state index in [9.17, 15) is 25.5 Å². The van der Waals surface area contributed by atoms with Gasteiger partial charge in [0.15, 0.2) is 0 Å². The molecule has 0 aromatic heterocycles. The first-order valence-corrected chi connectivity index (χ1v) is 14.1. The van der Waals surface area contributed by atoms with Crippen molar-refractivity contribution in [3.63, 3.8) is 0 Å². The van der Waals surface area contributed by atoms with Gasteiger partial charge in [0.05, 0.1) is 30.0 Å². The highest BCUT2D eigenvalue weighted by atomic mass is 16.5. The van der Waals surface area contributed by atoms with Crippen molar-refractivity contribution >= 4 is 0 Å². The Morgan fingerprint density at radius 1 is 0.622 bits per heavy atom. The molecule has 0 bridgehead atoms. The molecule has 0 spiro atoms. The van der Waals surface area contributed by atoms with Crippen molar-refractivity contribution in [1.29, 1.82) is 0 Å². The van der Waals surface area contributed by atoms with Crippen LogP contribution in [0.3, 0.4) is 0 Å². The first-order chi connectivity index (χ1) is 17.4. The zero-order valence-electron chi connectivity index (χ0n) is 23.7. The second kappa shape index (κ2) is 14.8. The zero-order valence-corrected chi connectivity index (χ0v) is 23.7. The highest BCUT2D eigenvalue weighted by molar-refractivity contribution is 5.34. The van der Waals surface area contributed by atoms with E-state index in [0.717, 1.165) is 80.1 Å². The maximum absolute atomic E-state index is 10.9. The molecule has 2 rings (SSSR count). The lowest BCUT2D eigenvalue weighted by molar-refractivity contribution is 0.0135. The van der Waals surface area contributed by atoms with Crippen LogP contribution in [0.1, 0.15) is 98.3 Å². The van der Waals surface area contributed by atoms with Crippen LogP contribution in [0, 0.1) is 5.41 Å². The standard InChI is InChI=1S/C31H52O6/c1-30(2,21-32)15-8-6-11-22-17-26(33)19-24(28(22)35)13-10-14-25-20-27(34)18-23(29(25)36)12-7-9-16-31(3,4)37-5/h17-20,26-29,32-36H,6-16,21H2,1-5H3. The average molecular weight is 521 g/mol. The number of rotatable bonds is 16. The Balaban J connectivity index is 1.81. The van der Waals surface area contributed by atoms with Crippen molar-refractivity contribution < 1.29 is 30.3 Å². The van der Waals surface area contributed by atoms with Crippen LogP contribution in [-0.2, 0) is 4.74 Å². The number of hydrogen-bond acceptors (Lipinski definition) is 6. The molecule has 5 N–H and O–H groups in total. The minimum atomic E-state index is -0.693. The van der Waals surface area contributed by atoms with E-state index in [1.165, 1.54) is 0 Å². The second-order valence-corrected chi connectivity index (χ2v) is 12.3. The molecule has 0 heterocycles. The van der Waals surface area contributed by atoms with E-state index in [1.807, 2.05) is 13.8 Å². The minimum absolute atomic E-state index is 0.0912. The predicted octanol–water partition coefficient (Wildman–Crippen LogP) is 4.90. The lowest BCUT2D eigenvalue weighted by atomic mass is 9.84. The molecule has 212 valence electrons. The molecule has 0 radical (unpaired) electrons. The largest absolute Gasteiger partial charge is 0.396 e. The number of hydrogen-bond donors (Lipinski definition) is 5. The van der Waals surface area contributed by atoms with Crippen LogP contribution in [0.2, 0.25) is 0 Å². The fourth-order valence-corrected chi connectivity index (χ4v) is 5.18.